The molecule has 1 aliphatic carbocycles. The van der Waals surface area contributed by atoms with Gasteiger partial charge in [-0.1, -0.05) is 0 Å². The van der Waals surface area contributed by atoms with Crippen molar-refractivity contribution in [2.24, 2.45) is 5.92 Å². The van der Waals surface area contributed by atoms with Crippen LogP contribution in [0.1, 0.15) is 48.0 Å². The van der Waals surface area contributed by atoms with Gasteiger partial charge in [0.05, 0.1) is 6.61 Å². The zero-order valence-electron chi connectivity index (χ0n) is 15.3. The lowest BCUT2D eigenvalue weighted by molar-refractivity contribution is -0.122. The molecule has 1 saturated heterocycles. The van der Waals surface area contributed by atoms with Gasteiger partial charge in [0.15, 0.2) is 0 Å². The Morgan fingerprint density at radius 1 is 1.14 bits per heavy atom. The average Bonchev–Trinajstić information content (AvgIpc) is 3.23. The monoisotopic (exact) mass is 395 g/mol. The van der Waals surface area contributed by atoms with Crippen LogP contribution in [0.25, 0.3) is 0 Å². The van der Waals surface area contributed by atoms with Crippen molar-refractivity contribution in [1.29, 1.82) is 0 Å². The minimum atomic E-state index is -0.983. The van der Waals surface area contributed by atoms with Crippen LogP contribution >= 0.6 is 0 Å². The second kappa shape index (κ2) is 8.64. The molecule has 1 aromatic rings. The van der Waals surface area contributed by atoms with E-state index in [4.69, 9.17) is 5.11 Å². The highest BCUT2D eigenvalue weighted by Crippen LogP contribution is 2.22. The van der Waals surface area contributed by atoms with Crippen LogP contribution in [-0.2, 0) is 16.2 Å². The van der Waals surface area contributed by atoms with Gasteiger partial charge in [0, 0.05) is 42.6 Å². The molecule has 1 saturated carbocycles. The summed E-state index contributed by atoms with van der Waals surface area (Å²) in [4.78, 5) is 35.8. The molecule has 4 N–H and O–H groups in total. The number of rotatable bonds is 6. The van der Waals surface area contributed by atoms with Crippen LogP contribution in [0.3, 0.4) is 0 Å². The summed E-state index contributed by atoms with van der Waals surface area (Å²) < 4.78 is 27.6. The Morgan fingerprint density at radius 3 is 2.36 bits per heavy atom. The first-order valence-corrected chi connectivity index (χ1v) is 9.33. The highest BCUT2D eigenvalue weighted by Gasteiger charge is 2.32. The number of nitrogens with one attached hydrogen (secondary N) is 3. The molecule has 7 nitrogen and oxygen atoms in total. The number of hydrogen-bond acceptors (Lipinski definition) is 4. The van der Waals surface area contributed by atoms with E-state index in [1.54, 1.807) is 0 Å². The predicted molar refractivity (Wildman–Crippen MR) is 95.1 cm³/mol. The number of aliphatic hydroxyl groups is 1. The lowest BCUT2D eigenvalue weighted by Gasteiger charge is -2.23. The van der Waals surface area contributed by atoms with Crippen molar-refractivity contribution in [3.8, 4) is 0 Å². The average molecular weight is 395 g/mol. The van der Waals surface area contributed by atoms with Gasteiger partial charge in [-0.2, -0.15) is 0 Å². The van der Waals surface area contributed by atoms with E-state index in [2.05, 4.69) is 16.0 Å². The fourth-order valence-corrected chi connectivity index (χ4v) is 3.78. The third-order valence-corrected chi connectivity index (χ3v) is 5.28. The number of hydrogen-bond donors (Lipinski definition) is 4. The minimum Gasteiger partial charge on any atom is -0.391 e. The highest BCUT2D eigenvalue weighted by molar-refractivity contribution is 5.94. The van der Waals surface area contributed by atoms with Gasteiger partial charge in [-0.15, -0.1) is 0 Å². The molecule has 1 heterocycles. The summed E-state index contributed by atoms with van der Waals surface area (Å²) in [6, 6.07) is 1.16. The fraction of sp³-hybridized carbons (Fsp3) is 0.526. The number of carbonyl (C=O) groups is 3. The van der Waals surface area contributed by atoms with Gasteiger partial charge in [-0.05, 0) is 37.3 Å². The topological polar surface area (TPSA) is 108 Å². The Labute approximate surface area is 160 Å². The molecule has 28 heavy (non-hydrogen) atoms. The first-order valence-electron chi connectivity index (χ1n) is 9.33. The Kier molecular flexibility index (Phi) is 6.23. The SMILES string of the molecule is O=C1C[C@H](CC(=O)N[C@H]2CCC[C@H]2NC(=O)c2cc(F)c(CO)c(F)c2)CN1. The molecule has 1 aliphatic heterocycles. The van der Waals surface area contributed by atoms with Crippen molar-refractivity contribution in [1.82, 2.24) is 16.0 Å². The molecule has 2 fully saturated rings. The van der Waals surface area contributed by atoms with Crippen molar-refractivity contribution < 1.29 is 28.3 Å². The summed E-state index contributed by atoms with van der Waals surface area (Å²) in [6.07, 6.45) is 2.68. The van der Waals surface area contributed by atoms with E-state index in [1.807, 2.05) is 0 Å². The van der Waals surface area contributed by atoms with E-state index in [1.165, 1.54) is 0 Å². The third kappa shape index (κ3) is 4.64. The summed E-state index contributed by atoms with van der Waals surface area (Å²) in [7, 11) is 0. The van der Waals surface area contributed by atoms with E-state index in [-0.39, 0.29) is 41.8 Å². The smallest absolute Gasteiger partial charge is 0.251 e. The number of amides is 3. The molecule has 152 valence electrons. The number of aliphatic hydroxyl groups excluding tert-OH is 1. The molecule has 2 aliphatic rings. The Bertz CT molecular complexity index is 763. The van der Waals surface area contributed by atoms with Crippen LogP contribution in [0.4, 0.5) is 8.78 Å². The standard InChI is InChI=1S/C19H23F2N3O4/c20-13-6-11(7-14(21)12(13)9-25)19(28)24-16-3-1-2-15(16)23-18(27)5-10-4-17(26)22-8-10/h6-7,10,15-16,25H,1-5,8-9H2,(H,22,26)(H,23,27)(H,24,28)/t10-,15+,16-/m1/s1. The number of benzene rings is 1. The van der Waals surface area contributed by atoms with E-state index < -0.39 is 29.7 Å². The highest BCUT2D eigenvalue weighted by atomic mass is 19.1. The third-order valence-electron chi connectivity index (χ3n) is 5.28. The normalized spacial score (nSPS) is 24.1. The summed E-state index contributed by atoms with van der Waals surface area (Å²) in [5, 5.41) is 17.3. The molecule has 3 amide bonds. The van der Waals surface area contributed by atoms with Crippen molar-refractivity contribution in [2.45, 2.75) is 50.8 Å². The molecule has 0 aromatic heterocycles. The van der Waals surface area contributed by atoms with E-state index in [0.29, 0.717) is 25.8 Å². The summed E-state index contributed by atoms with van der Waals surface area (Å²) in [6.45, 7) is -0.309. The maximum Gasteiger partial charge on any atom is 0.251 e. The quantitative estimate of drug-likeness (QED) is 0.570. The lowest BCUT2D eigenvalue weighted by atomic mass is 10.0. The summed E-state index contributed by atoms with van der Waals surface area (Å²) >= 11 is 0. The Hall–Kier alpha value is -2.55. The molecule has 9 heteroatoms. The van der Waals surface area contributed by atoms with Crippen molar-refractivity contribution in [2.75, 3.05) is 6.54 Å². The van der Waals surface area contributed by atoms with Crippen LogP contribution in [0, 0.1) is 17.6 Å². The van der Waals surface area contributed by atoms with Crippen molar-refractivity contribution in [3.63, 3.8) is 0 Å². The molecule has 3 rings (SSSR count). The lowest BCUT2D eigenvalue weighted by Crippen LogP contribution is -2.48. The van der Waals surface area contributed by atoms with Crippen LogP contribution in [0.2, 0.25) is 0 Å². The van der Waals surface area contributed by atoms with Crippen LogP contribution in [0.5, 0.6) is 0 Å². The zero-order valence-corrected chi connectivity index (χ0v) is 15.3. The zero-order chi connectivity index (χ0) is 20.3. The van der Waals surface area contributed by atoms with E-state index >= 15 is 0 Å². The number of carbonyl (C=O) groups excluding carboxylic acids is 3. The van der Waals surface area contributed by atoms with Crippen LogP contribution in [-0.4, -0.2) is 41.5 Å². The first-order chi connectivity index (χ1) is 13.4. The summed E-state index contributed by atoms with van der Waals surface area (Å²) in [5.41, 5.74) is -0.665. The van der Waals surface area contributed by atoms with Gasteiger partial charge in [0.2, 0.25) is 11.8 Å². The maximum absolute atomic E-state index is 13.8. The maximum atomic E-state index is 13.8. The van der Waals surface area contributed by atoms with Gasteiger partial charge < -0.3 is 21.1 Å². The number of halogens is 2. The Morgan fingerprint density at radius 2 is 1.79 bits per heavy atom. The molecule has 0 spiro atoms. The minimum absolute atomic E-state index is 0.0297. The van der Waals surface area contributed by atoms with Crippen molar-refractivity contribution in [3.05, 3.63) is 34.9 Å². The molecular formula is C19H23F2N3O4. The molecule has 1 aromatic carbocycles. The van der Waals surface area contributed by atoms with Gasteiger partial charge in [-0.3, -0.25) is 14.4 Å². The van der Waals surface area contributed by atoms with Gasteiger partial charge in [0.1, 0.15) is 11.6 Å². The van der Waals surface area contributed by atoms with Crippen LogP contribution in [0.15, 0.2) is 12.1 Å². The van der Waals surface area contributed by atoms with E-state index in [0.717, 1.165) is 18.6 Å². The van der Waals surface area contributed by atoms with E-state index in [9.17, 15) is 23.2 Å². The molecule has 0 radical (unpaired) electrons. The molecule has 0 bridgehead atoms. The Balaban J connectivity index is 1.58. The summed E-state index contributed by atoms with van der Waals surface area (Å²) in [5.74, 6) is -2.88. The van der Waals surface area contributed by atoms with Gasteiger partial charge in [0.25, 0.3) is 5.91 Å². The second-order valence-electron chi connectivity index (χ2n) is 7.34. The van der Waals surface area contributed by atoms with Crippen molar-refractivity contribution >= 4 is 17.7 Å². The van der Waals surface area contributed by atoms with Gasteiger partial charge in [-0.25, -0.2) is 8.78 Å². The van der Waals surface area contributed by atoms with Gasteiger partial charge >= 0.3 is 0 Å². The molecular weight excluding hydrogens is 372 g/mol. The fourth-order valence-electron chi connectivity index (χ4n) is 3.78. The first kappa shape index (κ1) is 20.2. The largest absolute Gasteiger partial charge is 0.391 e. The molecule has 3 atom stereocenters. The predicted octanol–water partition coefficient (Wildman–Crippen LogP) is 0.750. The van der Waals surface area contributed by atoms with Crippen LogP contribution < -0.4 is 16.0 Å². The second-order valence-corrected chi connectivity index (χ2v) is 7.34. The molecule has 0 unspecified atom stereocenters.